The molecule has 0 saturated carbocycles. The second-order valence-corrected chi connectivity index (χ2v) is 10.8. The molecule has 1 aromatic heterocycles. The van der Waals surface area contributed by atoms with E-state index in [1.807, 2.05) is 65.3 Å². The zero-order valence-corrected chi connectivity index (χ0v) is 21.9. The third kappa shape index (κ3) is 3.43. The van der Waals surface area contributed by atoms with E-state index < -0.39 is 17.8 Å². The number of fused-ring (bicyclic) bond motifs is 7. The molecule has 8 heteroatoms. The fourth-order valence-electron chi connectivity index (χ4n) is 5.51. The number of ether oxygens (including phenoxy) is 3. The second kappa shape index (κ2) is 8.08. The Morgan fingerprint density at radius 3 is 2.56 bits per heavy atom. The van der Waals surface area contributed by atoms with Crippen molar-refractivity contribution in [2.45, 2.75) is 31.7 Å². The topological polar surface area (TPSA) is 65.0 Å². The van der Waals surface area contributed by atoms with Gasteiger partial charge in [0.1, 0.15) is 11.4 Å². The lowest BCUT2D eigenvalue weighted by molar-refractivity contribution is -0.0478. The maximum absolute atomic E-state index is 14.2. The summed E-state index contributed by atoms with van der Waals surface area (Å²) in [5, 5.41) is 7.00. The van der Waals surface area contributed by atoms with Crippen LogP contribution >= 0.6 is 12.2 Å². The average Bonchev–Trinajstić information content (AvgIpc) is 3.23. The van der Waals surface area contributed by atoms with Gasteiger partial charge in [0.25, 0.3) is 0 Å². The van der Waals surface area contributed by atoms with E-state index in [0.29, 0.717) is 23.1 Å². The Morgan fingerprint density at radius 2 is 1.83 bits per heavy atom. The maximum Gasteiger partial charge on any atom is 0.353 e. The number of benzene rings is 3. The highest BCUT2D eigenvalue weighted by molar-refractivity contribution is 7.79. The Hall–Kier alpha value is -3.36. The van der Waals surface area contributed by atoms with Crippen LogP contribution in [0.4, 0.5) is 5.69 Å². The molecule has 0 spiro atoms. The van der Waals surface area contributed by atoms with Gasteiger partial charge in [-0.2, -0.15) is 0 Å². The van der Waals surface area contributed by atoms with Gasteiger partial charge in [0.05, 0.1) is 27.7 Å². The van der Waals surface area contributed by atoms with Gasteiger partial charge in [-0.25, -0.2) is 0 Å². The second-order valence-electron chi connectivity index (χ2n) is 10.4. The molecule has 0 aliphatic carbocycles. The summed E-state index contributed by atoms with van der Waals surface area (Å²) in [6, 6.07) is 14.1. The fraction of sp³-hybridized carbons (Fsp3) is 0.357. The first-order valence-electron chi connectivity index (χ1n) is 12.1. The molecule has 0 amide bonds. The van der Waals surface area contributed by atoms with E-state index in [1.165, 1.54) is 0 Å². The summed E-state index contributed by atoms with van der Waals surface area (Å²) in [5.74, 6) is 0.671. The Morgan fingerprint density at radius 1 is 1.11 bits per heavy atom. The molecule has 7 nitrogen and oxygen atoms in total. The number of likely N-dealkylation sites (N-methyl/N-ethyl adjacent to an activating group) is 1. The zero-order chi connectivity index (χ0) is 25.4. The standard InChI is InChI=1S/C28H29N3O4S/c1-28(2)26-25(33-27(36)34-26)22-20(35-28)14-18(29-10-11-30(3)4)21-23(22)31(5)19-13-16-9-7-6-8-15(16)12-17(19)24(21)32/h6-9,12-14,25-26,29H,10-11H2,1-5H3/t25-,26-/m0/s1. The minimum atomic E-state index is -0.668. The van der Waals surface area contributed by atoms with Crippen molar-refractivity contribution in [2.24, 2.45) is 7.05 Å². The molecule has 4 aromatic rings. The van der Waals surface area contributed by atoms with Crippen LogP contribution < -0.4 is 15.5 Å². The van der Waals surface area contributed by atoms with Gasteiger partial charge < -0.3 is 29.0 Å². The van der Waals surface area contributed by atoms with Crippen LogP contribution in [0.15, 0.2) is 47.3 Å². The largest absolute Gasteiger partial charge is 0.483 e. The van der Waals surface area contributed by atoms with E-state index >= 15 is 0 Å². The van der Waals surface area contributed by atoms with Gasteiger partial charge in [0, 0.05) is 43.8 Å². The molecular formula is C28H29N3O4S. The van der Waals surface area contributed by atoms with Crippen LogP contribution in [0.5, 0.6) is 5.75 Å². The van der Waals surface area contributed by atoms with E-state index in [-0.39, 0.29) is 10.7 Å². The van der Waals surface area contributed by atoms with Gasteiger partial charge >= 0.3 is 5.24 Å². The maximum atomic E-state index is 14.2. The van der Waals surface area contributed by atoms with Crippen LogP contribution in [-0.4, -0.2) is 53.6 Å². The summed E-state index contributed by atoms with van der Waals surface area (Å²) in [6.45, 7) is 5.44. The minimum absolute atomic E-state index is 0.0260. The molecule has 2 atom stereocenters. The first-order valence-corrected chi connectivity index (χ1v) is 12.5. The number of pyridine rings is 1. The summed E-state index contributed by atoms with van der Waals surface area (Å²) in [7, 11) is 6.04. The van der Waals surface area contributed by atoms with Gasteiger partial charge in [-0.05, 0) is 50.8 Å². The average molecular weight is 504 g/mol. The van der Waals surface area contributed by atoms with Gasteiger partial charge in [-0.15, -0.1) is 0 Å². The van der Waals surface area contributed by atoms with Crippen molar-refractivity contribution >= 4 is 55.7 Å². The van der Waals surface area contributed by atoms with Crippen molar-refractivity contribution in [3.05, 3.63) is 58.3 Å². The smallest absolute Gasteiger partial charge is 0.353 e. The van der Waals surface area contributed by atoms with Gasteiger partial charge in [0.15, 0.2) is 17.6 Å². The van der Waals surface area contributed by atoms with Crippen LogP contribution in [0.2, 0.25) is 0 Å². The van der Waals surface area contributed by atoms with Crippen LogP contribution in [-0.2, 0) is 16.5 Å². The SMILES string of the molecule is CN(C)CCNc1cc2c(c3c1c(=O)c1cc4ccccc4cc1n3C)[C@@H]1OC(=S)O[C@@H]1C(C)(C)O2. The minimum Gasteiger partial charge on any atom is -0.483 e. The number of nitrogens with zero attached hydrogens (tertiary/aromatic N) is 2. The molecule has 0 bridgehead atoms. The van der Waals surface area contributed by atoms with E-state index in [1.54, 1.807) is 0 Å². The Labute approximate surface area is 214 Å². The Balaban J connectivity index is 1.71. The monoisotopic (exact) mass is 503 g/mol. The fourth-order valence-corrected chi connectivity index (χ4v) is 5.72. The van der Waals surface area contributed by atoms with Crippen LogP contribution in [0.25, 0.3) is 32.6 Å². The van der Waals surface area contributed by atoms with Crippen molar-refractivity contribution in [1.82, 2.24) is 9.47 Å². The summed E-state index contributed by atoms with van der Waals surface area (Å²) in [4.78, 5) is 16.3. The van der Waals surface area contributed by atoms with Crippen molar-refractivity contribution in [2.75, 3.05) is 32.5 Å². The summed E-state index contributed by atoms with van der Waals surface area (Å²) in [6.07, 6.45) is -0.895. The predicted octanol–water partition coefficient (Wildman–Crippen LogP) is 4.73. The molecule has 186 valence electrons. The lowest BCUT2D eigenvalue weighted by atomic mass is 9.86. The van der Waals surface area contributed by atoms with Crippen LogP contribution in [0.1, 0.15) is 25.5 Å². The molecule has 2 aliphatic heterocycles. The van der Waals surface area contributed by atoms with Crippen molar-refractivity contribution in [1.29, 1.82) is 0 Å². The Bertz CT molecular complexity index is 1630. The number of rotatable bonds is 4. The van der Waals surface area contributed by atoms with Crippen LogP contribution in [0.3, 0.4) is 0 Å². The Kier molecular flexibility index (Phi) is 5.18. The van der Waals surface area contributed by atoms with Crippen molar-refractivity contribution in [3.8, 4) is 5.75 Å². The third-order valence-electron chi connectivity index (χ3n) is 7.27. The first-order chi connectivity index (χ1) is 17.2. The molecular weight excluding hydrogens is 474 g/mol. The highest BCUT2D eigenvalue weighted by Gasteiger charge is 2.53. The molecule has 1 fully saturated rings. The number of aromatic nitrogens is 1. The molecule has 0 radical (unpaired) electrons. The molecule has 6 rings (SSSR count). The lowest BCUT2D eigenvalue weighted by Crippen LogP contribution is -2.48. The van der Waals surface area contributed by atoms with E-state index in [0.717, 1.165) is 39.6 Å². The third-order valence-corrected chi connectivity index (χ3v) is 7.47. The zero-order valence-electron chi connectivity index (χ0n) is 21.0. The summed E-state index contributed by atoms with van der Waals surface area (Å²) < 4.78 is 20.5. The van der Waals surface area contributed by atoms with Crippen molar-refractivity contribution < 1.29 is 14.2 Å². The quantitative estimate of drug-likeness (QED) is 0.319. The first kappa shape index (κ1) is 23.1. The summed E-state index contributed by atoms with van der Waals surface area (Å²) in [5.41, 5.74) is 2.47. The molecule has 0 unspecified atom stereocenters. The molecule has 2 aliphatic rings. The van der Waals surface area contributed by atoms with Crippen molar-refractivity contribution in [3.63, 3.8) is 0 Å². The highest BCUT2D eigenvalue weighted by Crippen LogP contribution is 2.50. The number of aryl methyl sites for hydroxylation is 1. The molecule has 36 heavy (non-hydrogen) atoms. The van der Waals surface area contributed by atoms with E-state index in [4.69, 9.17) is 26.4 Å². The molecule has 1 N–H and O–H groups in total. The molecule has 3 aromatic carbocycles. The molecule has 1 saturated heterocycles. The summed E-state index contributed by atoms with van der Waals surface area (Å²) >= 11 is 5.30. The van der Waals surface area contributed by atoms with Crippen LogP contribution in [0, 0.1) is 0 Å². The van der Waals surface area contributed by atoms with Gasteiger partial charge in [-0.3, -0.25) is 4.79 Å². The highest BCUT2D eigenvalue weighted by atomic mass is 32.1. The van der Waals surface area contributed by atoms with Gasteiger partial charge in [0.2, 0.25) is 0 Å². The normalized spacial score (nSPS) is 20.2. The number of nitrogens with one attached hydrogen (secondary N) is 1. The molecule has 3 heterocycles. The van der Waals surface area contributed by atoms with E-state index in [9.17, 15) is 4.79 Å². The lowest BCUT2D eigenvalue weighted by Gasteiger charge is -2.39. The number of anilines is 1. The van der Waals surface area contributed by atoms with E-state index in [2.05, 4.69) is 26.9 Å². The number of hydrogen-bond donors (Lipinski definition) is 1. The predicted molar refractivity (Wildman–Crippen MR) is 147 cm³/mol. The van der Waals surface area contributed by atoms with Gasteiger partial charge in [-0.1, -0.05) is 24.3 Å². The number of hydrogen-bond acceptors (Lipinski definition) is 7. The number of thiocarbonyl (C=S) groups is 1.